The Morgan fingerprint density at radius 1 is 0.863 bits per heavy atom. The first-order valence-electron chi connectivity index (χ1n) is 16.0. The molecule has 1 unspecified atom stereocenters. The van der Waals surface area contributed by atoms with Crippen molar-refractivity contribution in [2.45, 2.75) is 25.0 Å². The van der Waals surface area contributed by atoms with Crippen LogP contribution in [0.1, 0.15) is 44.3 Å². The first-order valence-corrected chi connectivity index (χ1v) is 17.1. The van der Waals surface area contributed by atoms with Gasteiger partial charge in [0.25, 0.3) is 17.7 Å². The molecule has 0 radical (unpaired) electrons. The Bertz CT molecular complexity index is 1930. The minimum atomic E-state index is -1.29. The van der Waals surface area contributed by atoms with E-state index < -0.39 is 42.4 Å². The van der Waals surface area contributed by atoms with Crippen LogP contribution in [0.15, 0.2) is 84.9 Å². The molecule has 14 heteroatoms. The van der Waals surface area contributed by atoms with E-state index in [4.69, 9.17) is 49.0 Å². The molecule has 11 nitrogen and oxygen atoms in total. The molecule has 0 aromatic heterocycles. The molecule has 0 aliphatic carbocycles. The molecule has 2 aliphatic rings. The number of hydrogen-bond donors (Lipinski definition) is 2. The normalized spacial score (nSPS) is 14.2. The Kier molecular flexibility index (Phi) is 11.3. The molecule has 0 spiro atoms. The minimum absolute atomic E-state index is 0.117. The summed E-state index contributed by atoms with van der Waals surface area (Å²) in [5.41, 5.74) is 2.02. The average Bonchev–Trinajstić information content (AvgIpc) is 3.70. The summed E-state index contributed by atoms with van der Waals surface area (Å²) in [5, 5.41) is 15.1. The molecule has 0 saturated carbocycles. The Balaban J connectivity index is 1.17. The summed E-state index contributed by atoms with van der Waals surface area (Å²) in [6.45, 7) is -0.502. The van der Waals surface area contributed by atoms with Crippen molar-refractivity contribution < 1.29 is 38.5 Å². The number of aliphatic hydroxyl groups excluding tert-OH is 1. The highest BCUT2D eigenvalue weighted by Crippen LogP contribution is 2.34. The van der Waals surface area contributed by atoms with Crippen LogP contribution in [0.2, 0.25) is 15.1 Å². The fourth-order valence-corrected chi connectivity index (χ4v) is 6.44. The molecule has 2 heterocycles. The van der Waals surface area contributed by atoms with Gasteiger partial charge in [0.1, 0.15) is 5.75 Å². The van der Waals surface area contributed by atoms with E-state index in [2.05, 4.69) is 5.32 Å². The molecule has 51 heavy (non-hydrogen) atoms. The monoisotopic (exact) mass is 751 g/mol. The highest BCUT2D eigenvalue weighted by Gasteiger charge is 2.36. The lowest BCUT2D eigenvalue weighted by molar-refractivity contribution is -0.133. The first kappa shape index (κ1) is 36.0. The quantitative estimate of drug-likeness (QED) is 0.123. The molecule has 0 saturated heterocycles. The SMILES string of the molecule is O=C(COc1cc(Cl)c(Cl)cc1Cl)N[C@@H](c1ccccc1)C(O)CN(CCc1ccc2c(c1)OCO2)C(=O)CCN1C(=O)c2ccccc2C1=O. The Hall–Kier alpha value is -4.81. The second-order valence-electron chi connectivity index (χ2n) is 11.8. The van der Waals surface area contributed by atoms with Crippen LogP contribution in [0.4, 0.5) is 0 Å². The second-order valence-corrected chi connectivity index (χ2v) is 13.1. The Morgan fingerprint density at radius 2 is 1.53 bits per heavy atom. The van der Waals surface area contributed by atoms with E-state index in [0.717, 1.165) is 10.5 Å². The number of imide groups is 1. The lowest BCUT2D eigenvalue weighted by Gasteiger charge is -2.31. The van der Waals surface area contributed by atoms with Crippen LogP contribution >= 0.6 is 34.8 Å². The van der Waals surface area contributed by atoms with Crippen molar-refractivity contribution >= 4 is 58.4 Å². The van der Waals surface area contributed by atoms with E-state index in [1.807, 2.05) is 12.1 Å². The summed E-state index contributed by atoms with van der Waals surface area (Å²) in [6.07, 6.45) is -1.08. The van der Waals surface area contributed by atoms with Gasteiger partial charge in [0.2, 0.25) is 12.7 Å². The van der Waals surface area contributed by atoms with E-state index in [-0.39, 0.29) is 64.8 Å². The maximum atomic E-state index is 13.8. The molecule has 2 atom stereocenters. The van der Waals surface area contributed by atoms with Gasteiger partial charge in [-0.2, -0.15) is 0 Å². The largest absolute Gasteiger partial charge is 0.482 e. The number of benzene rings is 4. The van der Waals surface area contributed by atoms with Crippen molar-refractivity contribution in [3.05, 3.63) is 122 Å². The number of hydrogen-bond acceptors (Lipinski definition) is 8. The summed E-state index contributed by atoms with van der Waals surface area (Å²) in [5.74, 6) is -0.548. The van der Waals surface area contributed by atoms with E-state index >= 15 is 0 Å². The summed E-state index contributed by atoms with van der Waals surface area (Å²) in [4.78, 5) is 55.5. The molecule has 0 bridgehead atoms. The van der Waals surface area contributed by atoms with Gasteiger partial charge in [0, 0.05) is 32.1 Å². The van der Waals surface area contributed by atoms with E-state index in [0.29, 0.717) is 23.5 Å². The van der Waals surface area contributed by atoms with Crippen LogP contribution in [0.3, 0.4) is 0 Å². The number of carbonyl (C=O) groups excluding carboxylic acids is 4. The van der Waals surface area contributed by atoms with E-state index in [1.54, 1.807) is 60.7 Å². The van der Waals surface area contributed by atoms with Crippen molar-refractivity contribution in [3.8, 4) is 17.2 Å². The van der Waals surface area contributed by atoms with Gasteiger partial charge in [0.15, 0.2) is 18.1 Å². The van der Waals surface area contributed by atoms with E-state index in [9.17, 15) is 24.3 Å². The summed E-state index contributed by atoms with van der Waals surface area (Å²) in [7, 11) is 0. The molecule has 4 amide bonds. The molecule has 4 aromatic rings. The minimum Gasteiger partial charge on any atom is -0.482 e. The topological polar surface area (TPSA) is 135 Å². The van der Waals surface area contributed by atoms with Gasteiger partial charge in [-0.25, -0.2) is 0 Å². The second kappa shape index (κ2) is 16.0. The molecular formula is C37H32Cl3N3O8. The lowest BCUT2D eigenvalue weighted by atomic mass is 10.00. The Labute approximate surface area is 308 Å². The van der Waals surface area contributed by atoms with Crippen molar-refractivity contribution in [1.82, 2.24) is 15.1 Å². The van der Waals surface area contributed by atoms with Gasteiger partial charge in [0.05, 0.1) is 38.3 Å². The maximum Gasteiger partial charge on any atom is 0.261 e. The van der Waals surface area contributed by atoms with Gasteiger partial charge in [-0.3, -0.25) is 24.1 Å². The summed E-state index contributed by atoms with van der Waals surface area (Å²) >= 11 is 18.3. The lowest BCUT2D eigenvalue weighted by Crippen LogP contribution is -2.46. The zero-order valence-corrected chi connectivity index (χ0v) is 29.3. The van der Waals surface area contributed by atoms with E-state index in [1.165, 1.54) is 17.0 Å². The summed E-state index contributed by atoms with van der Waals surface area (Å²) < 4.78 is 16.5. The van der Waals surface area contributed by atoms with Crippen LogP contribution < -0.4 is 19.5 Å². The maximum absolute atomic E-state index is 13.8. The predicted molar refractivity (Wildman–Crippen MR) is 190 cm³/mol. The molecule has 6 rings (SSSR count). The van der Waals surface area contributed by atoms with Gasteiger partial charge in [-0.1, -0.05) is 83.3 Å². The standard InChI is InChI=1S/C37H32Cl3N3O8/c38-26-17-28(40)31(18-27(26)39)49-20-33(45)41-35(23-6-2-1-3-7-23)29(44)19-42(14-12-22-10-11-30-32(16-22)51-21-50-30)34(46)13-15-43-36(47)24-8-4-5-9-25(24)37(43)48/h1-11,16-18,29,35,44H,12-15,19-21H2,(H,41,45)/t29?,35-/m0/s1. The zero-order chi connectivity index (χ0) is 36.1. The van der Waals surface area contributed by atoms with Crippen LogP contribution in [0, 0.1) is 0 Å². The molecule has 2 aliphatic heterocycles. The van der Waals surface area contributed by atoms with Gasteiger partial charge >= 0.3 is 0 Å². The van der Waals surface area contributed by atoms with Crippen molar-refractivity contribution in [2.75, 3.05) is 33.0 Å². The van der Waals surface area contributed by atoms with Crippen molar-refractivity contribution in [3.63, 3.8) is 0 Å². The smallest absolute Gasteiger partial charge is 0.261 e. The van der Waals surface area contributed by atoms with Crippen molar-refractivity contribution in [1.29, 1.82) is 0 Å². The molecule has 0 fully saturated rings. The number of rotatable bonds is 14. The number of halogens is 3. The van der Waals surface area contributed by atoms with Crippen LogP contribution in [0.25, 0.3) is 0 Å². The van der Waals surface area contributed by atoms with Crippen LogP contribution in [0.5, 0.6) is 17.2 Å². The fourth-order valence-electron chi connectivity index (χ4n) is 5.85. The number of fused-ring (bicyclic) bond motifs is 2. The zero-order valence-electron chi connectivity index (χ0n) is 27.0. The first-order chi connectivity index (χ1) is 24.6. The van der Waals surface area contributed by atoms with Gasteiger partial charge in [-0.15, -0.1) is 0 Å². The fraction of sp³-hybridized carbons (Fsp3) is 0.243. The number of carbonyl (C=O) groups is 4. The number of amides is 4. The number of nitrogens with one attached hydrogen (secondary N) is 1. The highest BCUT2D eigenvalue weighted by molar-refractivity contribution is 6.43. The van der Waals surface area contributed by atoms with Crippen molar-refractivity contribution in [2.24, 2.45) is 0 Å². The predicted octanol–water partition coefficient (Wildman–Crippen LogP) is 5.73. The van der Waals surface area contributed by atoms with Gasteiger partial charge < -0.3 is 29.5 Å². The van der Waals surface area contributed by atoms with Gasteiger partial charge in [-0.05, 0) is 47.9 Å². The molecule has 4 aromatic carbocycles. The average molecular weight is 753 g/mol. The molecule has 2 N–H and O–H groups in total. The number of aliphatic hydroxyl groups is 1. The third kappa shape index (κ3) is 8.40. The summed E-state index contributed by atoms with van der Waals surface area (Å²) in [6, 6.07) is 22.6. The third-order valence-corrected chi connectivity index (χ3v) is 9.51. The third-order valence-electron chi connectivity index (χ3n) is 8.49. The Morgan fingerprint density at radius 3 is 2.25 bits per heavy atom. The number of ether oxygens (including phenoxy) is 3. The van der Waals surface area contributed by atoms with Crippen LogP contribution in [-0.4, -0.2) is 77.7 Å². The van der Waals surface area contributed by atoms with Crippen LogP contribution in [-0.2, 0) is 16.0 Å². The highest BCUT2D eigenvalue weighted by atomic mass is 35.5. The molecular weight excluding hydrogens is 721 g/mol. The molecule has 264 valence electrons. The number of nitrogens with zero attached hydrogens (tertiary/aromatic N) is 2.